The van der Waals surface area contributed by atoms with Crippen LogP contribution in [0.25, 0.3) is 22.0 Å². The molecular weight excluding hydrogens is 521 g/mol. The summed E-state index contributed by atoms with van der Waals surface area (Å²) in [6, 6.07) is 6.18. The molecule has 2 N–H and O–H groups in total. The molecule has 2 amide bonds. The van der Waals surface area contributed by atoms with Crippen molar-refractivity contribution in [3.05, 3.63) is 40.5 Å². The van der Waals surface area contributed by atoms with Crippen molar-refractivity contribution in [1.29, 1.82) is 0 Å². The van der Waals surface area contributed by atoms with Gasteiger partial charge in [-0.3, -0.25) is 9.69 Å². The second kappa shape index (κ2) is 10.1. The molecule has 0 bridgehead atoms. The van der Waals surface area contributed by atoms with Gasteiger partial charge in [-0.25, -0.2) is 14.8 Å². The van der Waals surface area contributed by atoms with E-state index in [1.807, 2.05) is 18.2 Å². The number of halogens is 2. The number of ether oxygens (including phenoxy) is 2. The molecule has 10 nitrogen and oxygen atoms in total. The van der Waals surface area contributed by atoms with Crippen molar-refractivity contribution in [2.75, 3.05) is 39.2 Å². The number of carbonyl (C=O) groups is 2. The molecule has 0 saturated carbocycles. The van der Waals surface area contributed by atoms with Gasteiger partial charge in [0, 0.05) is 48.9 Å². The molecule has 194 valence electrons. The van der Waals surface area contributed by atoms with E-state index >= 15 is 0 Å². The third kappa shape index (κ3) is 4.67. The van der Waals surface area contributed by atoms with Gasteiger partial charge >= 0.3 is 6.09 Å². The van der Waals surface area contributed by atoms with E-state index in [9.17, 15) is 14.7 Å². The van der Waals surface area contributed by atoms with Crippen LogP contribution < -0.4 is 14.8 Å². The summed E-state index contributed by atoms with van der Waals surface area (Å²) >= 11 is 13.1. The van der Waals surface area contributed by atoms with Gasteiger partial charge in [0.25, 0.3) is 0 Å². The maximum Gasteiger partial charge on any atom is 0.408 e. The van der Waals surface area contributed by atoms with Gasteiger partial charge in [0.2, 0.25) is 11.9 Å². The lowest BCUT2D eigenvalue weighted by Gasteiger charge is -2.34. The number of fused-ring (bicyclic) bond motifs is 1. The summed E-state index contributed by atoms with van der Waals surface area (Å²) in [6.45, 7) is 1.53. The standard InChI is InChI=1S/C25H25Cl2N5O5/c1-36-18-10-19(37-2)22(27)20(21(18)26)13-4-5-16-14(8-13)11-28-24(30-16)29-15-9-17(32(12-15)25(34)35)23(33)31-6-3-7-31/h4-5,8,10-11,15,17H,3,6-7,9,12H2,1-2H3,(H,34,35)(H,28,29,30). The predicted octanol–water partition coefficient (Wildman–Crippen LogP) is 4.39. The molecule has 0 aliphatic carbocycles. The van der Waals surface area contributed by atoms with Crippen molar-refractivity contribution < 1.29 is 24.2 Å². The van der Waals surface area contributed by atoms with E-state index in [0.717, 1.165) is 17.4 Å². The predicted molar refractivity (Wildman–Crippen MR) is 140 cm³/mol. The SMILES string of the molecule is COc1cc(OC)c(Cl)c(-c2ccc3nc(NC4CC(C(=O)N5CCC5)N(C(=O)O)C4)ncc3c2)c1Cl. The van der Waals surface area contributed by atoms with E-state index in [-0.39, 0.29) is 18.5 Å². The summed E-state index contributed by atoms with van der Waals surface area (Å²) in [6.07, 6.45) is 1.86. The van der Waals surface area contributed by atoms with Gasteiger partial charge in [0.1, 0.15) is 17.5 Å². The number of aromatic nitrogens is 2. The van der Waals surface area contributed by atoms with Crippen molar-refractivity contribution in [1.82, 2.24) is 19.8 Å². The molecule has 2 fully saturated rings. The largest absolute Gasteiger partial charge is 0.495 e. The maximum absolute atomic E-state index is 12.7. The number of nitrogens with one attached hydrogen (secondary N) is 1. The van der Waals surface area contributed by atoms with E-state index in [1.165, 1.54) is 19.1 Å². The minimum Gasteiger partial charge on any atom is -0.495 e. The molecule has 0 radical (unpaired) electrons. The highest BCUT2D eigenvalue weighted by Crippen LogP contribution is 2.46. The average molecular weight is 546 g/mol. The molecule has 37 heavy (non-hydrogen) atoms. The second-order valence-corrected chi connectivity index (χ2v) is 9.71. The number of carboxylic acid groups (broad SMARTS) is 1. The molecule has 3 aromatic rings. The van der Waals surface area contributed by atoms with Crippen LogP contribution in [0.1, 0.15) is 12.8 Å². The Morgan fingerprint density at radius 2 is 1.81 bits per heavy atom. The number of benzene rings is 2. The van der Waals surface area contributed by atoms with E-state index < -0.39 is 12.1 Å². The lowest BCUT2D eigenvalue weighted by molar-refractivity contribution is -0.138. The van der Waals surface area contributed by atoms with Gasteiger partial charge < -0.3 is 24.8 Å². The fraction of sp³-hybridized carbons (Fsp3) is 0.360. The van der Waals surface area contributed by atoms with Gasteiger partial charge in [-0.05, 0) is 30.5 Å². The van der Waals surface area contributed by atoms with Crippen LogP contribution in [-0.2, 0) is 4.79 Å². The Bertz CT molecular complexity index is 1360. The van der Waals surface area contributed by atoms with Crippen LogP contribution in [0.5, 0.6) is 11.5 Å². The van der Waals surface area contributed by atoms with Crippen LogP contribution >= 0.6 is 23.2 Å². The molecule has 2 aliphatic rings. The molecule has 1 aromatic heterocycles. The fourth-order valence-electron chi connectivity index (χ4n) is 4.71. The van der Waals surface area contributed by atoms with E-state index in [1.54, 1.807) is 17.2 Å². The first-order valence-electron chi connectivity index (χ1n) is 11.7. The number of nitrogens with zero attached hydrogens (tertiary/aromatic N) is 4. The zero-order chi connectivity index (χ0) is 26.3. The van der Waals surface area contributed by atoms with Crippen molar-refractivity contribution in [3.8, 4) is 22.6 Å². The highest BCUT2D eigenvalue weighted by atomic mass is 35.5. The third-order valence-electron chi connectivity index (χ3n) is 6.77. The van der Waals surface area contributed by atoms with E-state index in [0.29, 0.717) is 58.1 Å². The maximum atomic E-state index is 12.7. The van der Waals surface area contributed by atoms with Crippen LogP contribution in [-0.4, -0.2) is 82.8 Å². The van der Waals surface area contributed by atoms with Crippen molar-refractivity contribution in [3.63, 3.8) is 0 Å². The zero-order valence-electron chi connectivity index (χ0n) is 20.2. The summed E-state index contributed by atoms with van der Waals surface area (Å²) in [5.41, 5.74) is 1.98. The first-order valence-corrected chi connectivity index (χ1v) is 12.5. The number of hydrogen-bond acceptors (Lipinski definition) is 7. The van der Waals surface area contributed by atoms with Crippen LogP contribution in [0.4, 0.5) is 10.7 Å². The van der Waals surface area contributed by atoms with Gasteiger partial charge in [-0.2, -0.15) is 0 Å². The Labute approximate surface area is 223 Å². The lowest BCUT2D eigenvalue weighted by atomic mass is 10.0. The smallest absolute Gasteiger partial charge is 0.408 e. The molecule has 2 unspecified atom stereocenters. The Morgan fingerprint density at radius 1 is 1.11 bits per heavy atom. The van der Waals surface area contributed by atoms with E-state index in [4.69, 9.17) is 32.7 Å². The summed E-state index contributed by atoms with van der Waals surface area (Å²) in [5, 5.41) is 14.3. The number of hydrogen-bond donors (Lipinski definition) is 2. The van der Waals surface area contributed by atoms with Crippen molar-refractivity contribution in [2.45, 2.75) is 24.9 Å². The Morgan fingerprint density at radius 3 is 2.41 bits per heavy atom. The van der Waals surface area contributed by atoms with Crippen LogP contribution in [0.3, 0.4) is 0 Å². The molecule has 5 rings (SSSR count). The number of carbonyl (C=O) groups excluding carboxylic acids is 1. The van der Waals surface area contributed by atoms with Crippen molar-refractivity contribution >= 4 is 52.1 Å². The summed E-state index contributed by atoms with van der Waals surface area (Å²) in [5.74, 6) is 1.08. The summed E-state index contributed by atoms with van der Waals surface area (Å²) in [4.78, 5) is 36.4. The van der Waals surface area contributed by atoms with E-state index in [2.05, 4.69) is 15.3 Å². The molecule has 2 saturated heterocycles. The molecule has 12 heteroatoms. The number of rotatable bonds is 6. The van der Waals surface area contributed by atoms with Gasteiger partial charge in [0.05, 0.1) is 29.8 Å². The average Bonchev–Trinajstić information content (AvgIpc) is 3.27. The topological polar surface area (TPSA) is 117 Å². The highest BCUT2D eigenvalue weighted by Gasteiger charge is 2.42. The quantitative estimate of drug-likeness (QED) is 0.468. The molecular formula is C25H25Cl2N5O5. The van der Waals surface area contributed by atoms with Gasteiger partial charge in [-0.15, -0.1) is 0 Å². The Balaban J connectivity index is 1.39. The van der Waals surface area contributed by atoms with Gasteiger partial charge in [-0.1, -0.05) is 29.3 Å². The Kier molecular flexibility index (Phi) is 6.87. The monoisotopic (exact) mass is 545 g/mol. The van der Waals surface area contributed by atoms with Gasteiger partial charge in [0.15, 0.2) is 0 Å². The fourth-order valence-corrected chi connectivity index (χ4v) is 5.43. The number of anilines is 1. The molecule has 0 spiro atoms. The highest BCUT2D eigenvalue weighted by molar-refractivity contribution is 6.41. The summed E-state index contributed by atoms with van der Waals surface area (Å²) < 4.78 is 10.7. The lowest BCUT2D eigenvalue weighted by Crippen LogP contribution is -2.52. The summed E-state index contributed by atoms with van der Waals surface area (Å²) in [7, 11) is 3.04. The van der Waals surface area contributed by atoms with Crippen LogP contribution in [0.15, 0.2) is 30.5 Å². The zero-order valence-corrected chi connectivity index (χ0v) is 21.7. The third-order valence-corrected chi connectivity index (χ3v) is 7.53. The second-order valence-electron chi connectivity index (χ2n) is 8.96. The molecule has 2 aliphatic heterocycles. The number of methoxy groups -OCH3 is 2. The minimum absolute atomic E-state index is 0.142. The van der Waals surface area contributed by atoms with Crippen molar-refractivity contribution in [2.24, 2.45) is 0 Å². The minimum atomic E-state index is -1.11. The normalized spacial score (nSPS) is 19.0. The molecule has 3 heterocycles. The van der Waals surface area contributed by atoms with Crippen LogP contribution in [0.2, 0.25) is 10.0 Å². The first kappa shape index (κ1) is 25.2. The number of amides is 2. The molecule has 2 atom stereocenters. The number of likely N-dealkylation sites (tertiary alicyclic amines) is 2. The van der Waals surface area contributed by atoms with Crippen LogP contribution in [0, 0.1) is 0 Å². The first-order chi connectivity index (χ1) is 17.8. The molecule has 2 aromatic carbocycles. The Hall–Kier alpha value is -3.50.